The molecule has 1 aromatic rings. The maximum atomic E-state index is 13.0. The molecule has 1 unspecified atom stereocenters. The standard InChI is InChI=1S/C19H25N3O3/c1-3-15-6-4-5-11-21(15)17-12-18(24)22(19(17)25)16-9-7-14(8-10-16)20-13(2)23/h7-10,15,17H,3-6,11-12H2,1-2H3,(H,20,23)/p+1/t15-,17-/m1/s1. The number of imide groups is 1. The number of carbonyl (C=O) groups excluding carboxylic acids is 3. The van der Waals surface area contributed by atoms with E-state index in [9.17, 15) is 14.4 Å². The molecule has 0 aliphatic carbocycles. The summed E-state index contributed by atoms with van der Waals surface area (Å²) < 4.78 is 0. The summed E-state index contributed by atoms with van der Waals surface area (Å²) in [7, 11) is 0. The molecule has 2 N–H and O–H groups in total. The van der Waals surface area contributed by atoms with E-state index < -0.39 is 0 Å². The molecule has 0 aromatic heterocycles. The Balaban J connectivity index is 1.78. The maximum absolute atomic E-state index is 13.0. The van der Waals surface area contributed by atoms with Crippen LogP contribution >= 0.6 is 0 Å². The number of hydrogen-bond donors (Lipinski definition) is 2. The van der Waals surface area contributed by atoms with Crippen molar-refractivity contribution in [3.8, 4) is 0 Å². The first-order valence-electron chi connectivity index (χ1n) is 9.11. The highest BCUT2D eigenvalue weighted by Crippen LogP contribution is 2.24. The summed E-state index contributed by atoms with van der Waals surface area (Å²) in [6.07, 6.45) is 4.80. The highest BCUT2D eigenvalue weighted by Gasteiger charge is 2.47. The van der Waals surface area contributed by atoms with Gasteiger partial charge in [-0.1, -0.05) is 6.92 Å². The van der Waals surface area contributed by atoms with Crippen LogP contribution in [-0.4, -0.2) is 36.3 Å². The van der Waals surface area contributed by atoms with Gasteiger partial charge in [0.05, 0.1) is 24.7 Å². The number of piperidine rings is 1. The molecule has 0 saturated carbocycles. The average molecular weight is 344 g/mol. The van der Waals surface area contributed by atoms with E-state index in [-0.39, 0.29) is 30.2 Å². The van der Waals surface area contributed by atoms with E-state index in [0.29, 0.717) is 17.4 Å². The zero-order chi connectivity index (χ0) is 18.0. The Morgan fingerprint density at radius 1 is 1.24 bits per heavy atom. The van der Waals surface area contributed by atoms with Gasteiger partial charge < -0.3 is 10.2 Å². The Morgan fingerprint density at radius 3 is 2.60 bits per heavy atom. The average Bonchev–Trinajstić information content (AvgIpc) is 2.89. The third kappa shape index (κ3) is 3.58. The summed E-state index contributed by atoms with van der Waals surface area (Å²) in [5.74, 6) is -0.372. The van der Waals surface area contributed by atoms with Crippen LogP contribution in [0, 0.1) is 0 Å². The molecular formula is C19H26N3O3+. The van der Waals surface area contributed by atoms with Gasteiger partial charge in [-0.25, -0.2) is 4.90 Å². The van der Waals surface area contributed by atoms with Crippen molar-refractivity contribution >= 4 is 29.1 Å². The van der Waals surface area contributed by atoms with Crippen LogP contribution in [0.1, 0.15) is 46.0 Å². The van der Waals surface area contributed by atoms with E-state index in [1.54, 1.807) is 24.3 Å². The van der Waals surface area contributed by atoms with Gasteiger partial charge in [-0.3, -0.25) is 14.4 Å². The number of nitrogens with one attached hydrogen (secondary N) is 2. The lowest BCUT2D eigenvalue weighted by atomic mass is 9.97. The third-order valence-corrected chi connectivity index (χ3v) is 5.33. The Morgan fingerprint density at radius 2 is 1.96 bits per heavy atom. The van der Waals surface area contributed by atoms with Crippen LogP contribution < -0.4 is 15.1 Å². The molecule has 2 aliphatic rings. The quantitative estimate of drug-likeness (QED) is 0.804. The molecular weight excluding hydrogens is 318 g/mol. The monoisotopic (exact) mass is 344 g/mol. The Labute approximate surface area is 148 Å². The maximum Gasteiger partial charge on any atom is 0.292 e. The van der Waals surface area contributed by atoms with E-state index >= 15 is 0 Å². The molecule has 6 nitrogen and oxygen atoms in total. The van der Waals surface area contributed by atoms with Gasteiger partial charge in [-0.2, -0.15) is 0 Å². The van der Waals surface area contributed by atoms with Gasteiger partial charge in [0.15, 0.2) is 6.04 Å². The van der Waals surface area contributed by atoms with E-state index in [1.165, 1.54) is 23.1 Å². The number of quaternary nitrogens is 1. The van der Waals surface area contributed by atoms with Crippen molar-refractivity contribution in [3.63, 3.8) is 0 Å². The Bertz CT molecular complexity index is 671. The van der Waals surface area contributed by atoms with Gasteiger partial charge in [0.1, 0.15) is 0 Å². The summed E-state index contributed by atoms with van der Waals surface area (Å²) in [6.45, 7) is 4.57. The Kier molecular flexibility index (Phi) is 5.18. The Hall–Kier alpha value is -2.21. The molecule has 0 bridgehead atoms. The van der Waals surface area contributed by atoms with Crippen LogP contribution in [0.25, 0.3) is 0 Å². The lowest BCUT2D eigenvalue weighted by Gasteiger charge is -2.35. The first kappa shape index (κ1) is 17.6. The van der Waals surface area contributed by atoms with Gasteiger partial charge >= 0.3 is 0 Å². The van der Waals surface area contributed by atoms with Crippen molar-refractivity contribution < 1.29 is 19.3 Å². The summed E-state index contributed by atoms with van der Waals surface area (Å²) >= 11 is 0. The fourth-order valence-electron chi connectivity index (χ4n) is 4.12. The predicted octanol–water partition coefficient (Wildman–Crippen LogP) is 1.12. The second kappa shape index (κ2) is 7.35. The van der Waals surface area contributed by atoms with Crippen molar-refractivity contribution in [1.82, 2.24) is 0 Å². The molecule has 2 saturated heterocycles. The predicted molar refractivity (Wildman–Crippen MR) is 95.4 cm³/mol. The molecule has 1 aromatic carbocycles. The molecule has 3 amide bonds. The minimum absolute atomic E-state index is 0.0902. The molecule has 2 aliphatic heterocycles. The number of nitrogens with zero attached hydrogens (tertiary/aromatic N) is 1. The smallest absolute Gasteiger partial charge is 0.292 e. The molecule has 6 heteroatoms. The normalized spacial score (nSPS) is 26.8. The number of rotatable bonds is 4. The summed E-state index contributed by atoms with van der Waals surface area (Å²) in [5, 5.41) is 2.69. The van der Waals surface area contributed by atoms with Gasteiger partial charge in [0, 0.05) is 12.6 Å². The zero-order valence-corrected chi connectivity index (χ0v) is 14.9. The van der Waals surface area contributed by atoms with Gasteiger partial charge in [-0.15, -0.1) is 0 Å². The van der Waals surface area contributed by atoms with Gasteiger partial charge in [0.25, 0.3) is 5.91 Å². The zero-order valence-electron chi connectivity index (χ0n) is 14.9. The van der Waals surface area contributed by atoms with E-state index in [4.69, 9.17) is 0 Å². The molecule has 0 radical (unpaired) electrons. The highest BCUT2D eigenvalue weighted by molar-refractivity contribution is 6.21. The number of amides is 3. The number of carbonyl (C=O) groups is 3. The minimum Gasteiger partial charge on any atom is -0.326 e. The molecule has 134 valence electrons. The molecule has 2 heterocycles. The number of likely N-dealkylation sites (tertiary alicyclic amines) is 1. The number of anilines is 2. The first-order chi connectivity index (χ1) is 12.0. The second-order valence-electron chi connectivity index (χ2n) is 6.98. The molecule has 3 rings (SSSR count). The van der Waals surface area contributed by atoms with E-state index in [2.05, 4.69) is 12.2 Å². The van der Waals surface area contributed by atoms with Gasteiger partial charge in [-0.05, 0) is 49.9 Å². The topological polar surface area (TPSA) is 70.9 Å². The minimum atomic E-state index is -0.257. The third-order valence-electron chi connectivity index (χ3n) is 5.33. The highest BCUT2D eigenvalue weighted by atomic mass is 16.2. The lowest BCUT2D eigenvalue weighted by Crippen LogP contribution is -3.20. The van der Waals surface area contributed by atoms with Crippen LogP contribution in [0.2, 0.25) is 0 Å². The van der Waals surface area contributed by atoms with E-state index in [1.807, 2.05) is 0 Å². The fourth-order valence-corrected chi connectivity index (χ4v) is 4.12. The summed E-state index contributed by atoms with van der Waals surface area (Å²) in [4.78, 5) is 39.2. The van der Waals surface area contributed by atoms with Crippen molar-refractivity contribution in [2.24, 2.45) is 0 Å². The van der Waals surface area contributed by atoms with E-state index in [0.717, 1.165) is 25.8 Å². The van der Waals surface area contributed by atoms with Crippen molar-refractivity contribution in [3.05, 3.63) is 24.3 Å². The molecule has 0 spiro atoms. The first-order valence-corrected chi connectivity index (χ1v) is 9.11. The van der Waals surface area contributed by atoms with Gasteiger partial charge in [0.2, 0.25) is 11.8 Å². The van der Waals surface area contributed by atoms with Crippen LogP contribution in [0.5, 0.6) is 0 Å². The summed E-state index contributed by atoms with van der Waals surface area (Å²) in [5.41, 5.74) is 1.23. The van der Waals surface area contributed by atoms with Crippen LogP contribution in [-0.2, 0) is 14.4 Å². The van der Waals surface area contributed by atoms with Crippen molar-refractivity contribution in [2.75, 3.05) is 16.8 Å². The second-order valence-corrected chi connectivity index (χ2v) is 6.98. The van der Waals surface area contributed by atoms with Crippen molar-refractivity contribution in [1.29, 1.82) is 0 Å². The number of hydrogen-bond acceptors (Lipinski definition) is 3. The van der Waals surface area contributed by atoms with Crippen LogP contribution in [0.4, 0.5) is 11.4 Å². The fraction of sp³-hybridized carbons (Fsp3) is 0.526. The van der Waals surface area contributed by atoms with Crippen LogP contribution in [0.15, 0.2) is 24.3 Å². The number of benzene rings is 1. The molecule has 25 heavy (non-hydrogen) atoms. The largest absolute Gasteiger partial charge is 0.326 e. The van der Waals surface area contributed by atoms with Crippen LogP contribution in [0.3, 0.4) is 0 Å². The summed E-state index contributed by atoms with van der Waals surface area (Å²) in [6, 6.07) is 7.07. The molecule has 3 atom stereocenters. The van der Waals surface area contributed by atoms with Crippen molar-refractivity contribution in [2.45, 2.75) is 58.0 Å². The lowest BCUT2D eigenvalue weighted by molar-refractivity contribution is -0.944. The molecule has 2 fully saturated rings. The SMILES string of the molecule is CC[C@@H]1CCCC[NH+]1[C@@H]1CC(=O)N(c2ccc(NC(C)=O)cc2)C1=O.